The smallest absolute Gasteiger partial charge is 0.191 e. The molecule has 2 nitrogen and oxygen atoms in total. The predicted molar refractivity (Wildman–Crippen MR) is 61.6 cm³/mol. The quantitative estimate of drug-likeness (QED) is 0.762. The highest BCUT2D eigenvalue weighted by Gasteiger charge is 2.02. The van der Waals surface area contributed by atoms with Crippen molar-refractivity contribution >= 4 is 28.2 Å². The van der Waals surface area contributed by atoms with Gasteiger partial charge < -0.3 is 9.72 Å². The summed E-state index contributed by atoms with van der Waals surface area (Å²) in [5.74, 6) is 0. The number of hydrogen-bond donors (Lipinski definition) is 1. The van der Waals surface area contributed by atoms with Crippen molar-refractivity contribution in [2.24, 2.45) is 0 Å². The molecule has 1 aromatic heterocycles. The van der Waals surface area contributed by atoms with Crippen LogP contribution in [-0.2, 0) is 4.74 Å². The maximum atomic E-state index is 5.27. The van der Waals surface area contributed by atoms with Crippen molar-refractivity contribution in [3.05, 3.63) is 36.0 Å². The Morgan fingerprint density at radius 1 is 1.43 bits per heavy atom. The first-order valence-corrected chi connectivity index (χ1v) is 4.96. The Labute approximate surface area is 87.9 Å². The maximum absolute atomic E-state index is 5.27. The molecule has 0 saturated heterocycles. The number of aromatic amines is 1. The molecule has 0 spiro atoms. The summed E-state index contributed by atoms with van der Waals surface area (Å²) in [5, 5.41) is 1.72. The lowest BCUT2D eigenvalue weighted by Crippen LogP contribution is -2.02. The second-order valence-electron chi connectivity index (χ2n) is 3.00. The van der Waals surface area contributed by atoms with E-state index in [0.717, 1.165) is 16.5 Å². The van der Waals surface area contributed by atoms with Gasteiger partial charge in [0.1, 0.15) is 0 Å². The zero-order valence-electron chi connectivity index (χ0n) is 7.91. The molecular weight excluding hydrogens is 194 g/mol. The van der Waals surface area contributed by atoms with Crippen molar-refractivity contribution in [3.8, 4) is 0 Å². The molecule has 2 rings (SSSR count). The number of fused-ring (bicyclic) bond motifs is 1. The van der Waals surface area contributed by atoms with Gasteiger partial charge in [-0.2, -0.15) is 0 Å². The van der Waals surface area contributed by atoms with Gasteiger partial charge in [-0.1, -0.05) is 0 Å². The van der Waals surface area contributed by atoms with Gasteiger partial charge in [0, 0.05) is 22.7 Å². The van der Waals surface area contributed by atoms with E-state index in [9.17, 15) is 0 Å². The molecule has 0 saturated carbocycles. The zero-order valence-corrected chi connectivity index (χ0v) is 8.73. The van der Waals surface area contributed by atoms with Crippen LogP contribution >= 0.6 is 12.2 Å². The highest BCUT2D eigenvalue weighted by Crippen LogP contribution is 2.15. The molecule has 0 amide bonds. The molecule has 0 aliphatic heterocycles. The minimum absolute atomic E-state index is 0.565. The SMILES string of the molecule is CCOC(=S)c1ccc2[nH]ccc2c1. The molecule has 1 aromatic carbocycles. The standard InChI is InChI=1S/C11H11NOS/c1-2-13-11(14)9-3-4-10-8(7-9)5-6-12-10/h3-7,12H,2H2,1H3. The fourth-order valence-electron chi connectivity index (χ4n) is 1.39. The summed E-state index contributed by atoms with van der Waals surface area (Å²) in [6, 6.07) is 8.03. The van der Waals surface area contributed by atoms with Gasteiger partial charge in [0.2, 0.25) is 0 Å². The molecule has 72 valence electrons. The molecule has 0 aliphatic carbocycles. The van der Waals surface area contributed by atoms with E-state index in [1.54, 1.807) is 0 Å². The second-order valence-corrected chi connectivity index (χ2v) is 3.37. The summed E-state index contributed by atoms with van der Waals surface area (Å²) in [6.07, 6.45) is 1.91. The van der Waals surface area contributed by atoms with Crippen LogP contribution in [0.1, 0.15) is 12.5 Å². The predicted octanol–water partition coefficient (Wildman–Crippen LogP) is 2.88. The molecule has 0 unspecified atom stereocenters. The third-order valence-corrected chi connectivity index (χ3v) is 2.42. The average Bonchev–Trinajstić information content (AvgIpc) is 2.64. The van der Waals surface area contributed by atoms with E-state index in [0.29, 0.717) is 11.7 Å². The molecule has 0 aliphatic rings. The highest BCUT2D eigenvalue weighted by atomic mass is 32.1. The van der Waals surface area contributed by atoms with Gasteiger partial charge in [-0.25, -0.2) is 0 Å². The van der Waals surface area contributed by atoms with E-state index in [1.165, 1.54) is 0 Å². The van der Waals surface area contributed by atoms with Gasteiger partial charge in [0.25, 0.3) is 0 Å². The van der Waals surface area contributed by atoms with Gasteiger partial charge in [-0.05, 0) is 43.4 Å². The Hall–Kier alpha value is -1.35. The third-order valence-electron chi connectivity index (χ3n) is 2.06. The topological polar surface area (TPSA) is 25.0 Å². The van der Waals surface area contributed by atoms with Crippen molar-refractivity contribution < 1.29 is 4.74 Å². The Morgan fingerprint density at radius 2 is 2.29 bits per heavy atom. The summed E-state index contributed by atoms with van der Waals surface area (Å²) < 4.78 is 5.27. The molecule has 0 atom stereocenters. The van der Waals surface area contributed by atoms with Crippen LogP contribution in [0.4, 0.5) is 0 Å². The van der Waals surface area contributed by atoms with Gasteiger partial charge in [0.15, 0.2) is 5.05 Å². The Bertz CT molecular complexity index is 461. The zero-order chi connectivity index (χ0) is 9.97. The number of H-pyrrole nitrogens is 1. The fourth-order valence-corrected chi connectivity index (χ4v) is 1.64. The molecule has 0 radical (unpaired) electrons. The highest BCUT2D eigenvalue weighted by molar-refractivity contribution is 7.80. The van der Waals surface area contributed by atoms with Crippen LogP contribution in [0, 0.1) is 0 Å². The van der Waals surface area contributed by atoms with E-state index in [-0.39, 0.29) is 0 Å². The molecular formula is C11H11NOS. The van der Waals surface area contributed by atoms with Crippen molar-refractivity contribution in [2.75, 3.05) is 6.61 Å². The van der Waals surface area contributed by atoms with Crippen LogP contribution in [0.25, 0.3) is 10.9 Å². The van der Waals surface area contributed by atoms with Crippen LogP contribution in [0.15, 0.2) is 30.5 Å². The summed E-state index contributed by atoms with van der Waals surface area (Å²) >= 11 is 5.12. The number of ether oxygens (including phenoxy) is 1. The largest absolute Gasteiger partial charge is 0.483 e. The fraction of sp³-hybridized carbons (Fsp3) is 0.182. The summed E-state index contributed by atoms with van der Waals surface area (Å²) in [6.45, 7) is 2.55. The minimum Gasteiger partial charge on any atom is -0.483 e. The Morgan fingerprint density at radius 3 is 3.07 bits per heavy atom. The van der Waals surface area contributed by atoms with E-state index in [1.807, 2.05) is 37.4 Å². The van der Waals surface area contributed by atoms with Gasteiger partial charge in [-0.15, -0.1) is 0 Å². The normalized spacial score (nSPS) is 10.4. The van der Waals surface area contributed by atoms with E-state index < -0.39 is 0 Å². The van der Waals surface area contributed by atoms with Gasteiger partial charge in [-0.3, -0.25) is 0 Å². The average molecular weight is 205 g/mol. The van der Waals surface area contributed by atoms with E-state index >= 15 is 0 Å². The Balaban J connectivity index is 2.38. The summed E-state index contributed by atoms with van der Waals surface area (Å²) in [7, 11) is 0. The molecule has 1 N–H and O–H groups in total. The minimum atomic E-state index is 0.565. The molecule has 3 heteroatoms. The first kappa shape index (κ1) is 9.21. The number of rotatable bonds is 2. The molecule has 2 aromatic rings. The summed E-state index contributed by atoms with van der Waals surface area (Å²) in [5.41, 5.74) is 2.09. The van der Waals surface area contributed by atoms with Crippen LogP contribution < -0.4 is 0 Å². The molecule has 0 bridgehead atoms. The van der Waals surface area contributed by atoms with Gasteiger partial charge >= 0.3 is 0 Å². The number of aromatic nitrogens is 1. The van der Waals surface area contributed by atoms with E-state index in [4.69, 9.17) is 17.0 Å². The lowest BCUT2D eigenvalue weighted by molar-refractivity contribution is 0.337. The molecule has 0 fully saturated rings. The van der Waals surface area contributed by atoms with Crippen molar-refractivity contribution in [3.63, 3.8) is 0 Å². The van der Waals surface area contributed by atoms with Crippen LogP contribution in [0.5, 0.6) is 0 Å². The monoisotopic (exact) mass is 205 g/mol. The lowest BCUT2D eigenvalue weighted by atomic mass is 10.2. The number of hydrogen-bond acceptors (Lipinski definition) is 2. The van der Waals surface area contributed by atoms with Crippen LogP contribution in [0.2, 0.25) is 0 Å². The maximum Gasteiger partial charge on any atom is 0.191 e. The first-order valence-electron chi connectivity index (χ1n) is 4.55. The second kappa shape index (κ2) is 3.80. The number of thiocarbonyl (C=S) groups is 1. The summed E-state index contributed by atoms with van der Waals surface area (Å²) in [4.78, 5) is 3.13. The van der Waals surface area contributed by atoms with Crippen LogP contribution in [-0.4, -0.2) is 16.6 Å². The van der Waals surface area contributed by atoms with Crippen molar-refractivity contribution in [1.82, 2.24) is 4.98 Å². The van der Waals surface area contributed by atoms with E-state index in [2.05, 4.69) is 4.98 Å². The van der Waals surface area contributed by atoms with Gasteiger partial charge in [0.05, 0.1) is 6.61 Å². The van der Waals surface area contributed by atoms with Crippen molar-refractivity contribution in [2.45, 2.75) is 6.92 Å². The number of nitrogens with one attached hydrogen (secondary N) is 1. The first-order chi connectivity index (χ1) is 6.81. The lowest BCUT2D eigenvalue weighted by Gasteiger charge is -2.04. The molecule has 1 heterocycles. The Kier molecular flexibility index (Phi) is 2.50. The van der Waals surface area contributed by atoms with Crippen molar-refractivity contribution in [1.29, 1.82) is 0 Å². The number of benzene rings is 1. The molecule has 14 heavy (non-hydrogen) atoms. The third kappa shape index (κ3) is 1.63. The van der Waals surface area contributed by atoms with Crippen LogP contribution in [0.3, 0.4) is 0 Å².